The van der Waals surface area contributed by atoms with Gasteiger partial charge in [0.2, 0.25) is 0 Å². The molecule has 65 heavy (non-hydrogen) atoms. The topological polar surface area (TPSA) is 48.5 Å². The average molecular weight is 848 g/mol. The van der Waals surface area contributed by atoms with Gasteiger partial charge in [-0.25, -0.2) is 15.0 Å². The van der Waals surface area contributed by atoms with Crippen LogP contribution in [0.1, 0.15) is 0 Å². The van der Waals surface area contributed by atoms with Crippen LogP contribution >= 0.6 is 0 Å². The Morgan fingerprint density at radius 3 is 1.57 bits per heavy atom. The van der Waals surface area contributed by atoms with Crippen molar-refractivity contribution in [3.63, 3.8) is 0 Å². The molecule has 6 heteroatoms. The highest BCUT2D eigenvalue weighted by atomic mass is 28.3. The monoisotopic (exact) mass is 847 g/mol. The highest BCUT2D eigenvalue weighted by Crippen LogP contribution is 2.41. The minimum atomic E-state index is -1.95. The molecule has 0 N–H and O–H groups in total. The molecule has 0 radical (unpaired) electrons. The molecular formula is C59H41N5Si. The maximum absolute atomic E-state index is 5.39. The lowest BCUT2D eigenvalue weighted by atomic mass is 10.0. The molecule has 0 saturated carbocycles. The molecule has 0 amide bonds. The Morgan fingerprint density at radius 2 is 0.862 bits per heavy atom. The van der Waals surface area contributed by atoms with E-state index in [2.05, 4.69) is 216 Å². The summed E-state index contributed by atoms with van der Waals surface area (Å²) < 4.78 is 4.86. The maximum atomic E-state index is 5.39. The van der Waals surface area contributed by atoms with Gasteiger partial charge in [-0.15, -0.1) is 0 Å². The van der Waals surface area contributed by atoms with Crippen LogP contribution in [-0.2, 0) is 0 Å². The Balaban J connectivity index is 1.06. The lowest BCUT2D eigenvalue weighted by Crippen LogP contribution is -2.49. The summed E-state index contributed by atoms with van der Waals surface area (Å²) in [5.41, 5.74) is 14.5. The van der Waals surface area contributed by atoms with Crippen molar-refractivity contribution in [2.75, 3.05) is 0 Å². The molecule has 5 nitrogen and oxygen atoms in total. The van der Waals surface area contributed by atoms with Crippen LogP contribution in [0.15, 0.2) is 212 Å². The first-order valence-electron chi connectivity index (χ1n) is 22.3. The first-order valence-corrected chi connectivity index (χ1v) is 25.3. The molecule has 3 aromatic heterocycles. The van der Waals surface area contributed by atoms with Crippen molar-refractivity contribution in [3.8, 4) is 67.8 Å². The van der Waals surface area contributed by atoms with E-state index in [0.29, 0.717) is 17.5 Å². The van der Waals surface area contributed by atoms with Crippen molar-refractivity contribution in [1.29, 1.82) is 0 Å². The van der Waals surface area contributed by atoms with Crippen molar-refractivity contribution in [3.05, 3.63) is 212 Å². The molecule has 306 valence electrons. The van der Waals surface area contributed by atoms with Gasteiger partial charge in [0.1, 0.15) is 8.07 Å². The van der Waals surface area contributed by atoms with Gasteiger partial charge in [-0.3, -0.25) is 0 Å². The number of hydrogen-bond donors (Lipinski definition) is 0. The van der Waals surface area contributed by atoms with Crippen molar-refractivity contribution in [1.82, 2.24) is 24.1 Å². The molecule has 13 rings (SSSR count). The summed E-state index contributed by atoms with van der Waals surface area (Å²) in [7, 11) is -1.95. The van der Waals surface area contributed by atoms with Crippen LogP contribution in [0.3, 0.4) is 0 Å². The molecule has 0 fully saturated rings. The second-order valence-corrected chi connectivity index (χ2v) is 22.0. The van der Waals surface area contributed by atoms with E-state index in [9.17, 15) is 0 Å². The molecule has 0 spiro atoms. The third-order valence-corrected chi connectivity index (χ3v) is 17.1. The summed E-state index contributed by atoms with van der Waals surface area (Å²) in [4.78, 5) is 15.9. The van der Waals surface area contributed by atoms with Crippen LogP contribution in [0.25, 0.3) is 111 Å². The molecule has 4 heterocycles. The van der Waals surface area contributed by atoms with Gasteiger partial charge in [-0.05, 0) is 81.2 Å². The van der Waals surface area contributed by atoms with Crippen LogP contribution in [0.5, 0.6) is 0 Å². The number of hydrogen-bond acceptors (Lipinski definition) is 3. The van der Waals surface area contributed by atoms with Crippen molar-refractivity contribution in [2.45, 2.75) is 13.1 Å². The normalized spacial score (nSPS) is 12.9. The van der Waals surface area contributed by atoms with E-state index in [4.69, 9.17) is 15.0 Å². The van der Waals surface area contributed by atoms with Gasteiger partial charge in [0, 0.05) is 43.9 Å². The Bertz CT molecular complexity index is 3810. The van der Waals surface area contributed by atoms with Crippen LogP contribution in [0.4, 0.5) is 0 Å². The Hall–Kier alpha value is -8.19. The average Bonchev–Trinajstić information content (AvgIpc) is 3.97. The van der Waals surface area contributed by atoms with Gasteiger partial charge in [-0.2, -0.15) is 0 Å². The third-order valence-electron chi connectivity index (χ3n) is 13.5. The largest absolute Gasteiger partial charge is 0.309 e. The lowest BCUT2D eigenvalue weighted by Gasteiger charge is -2.19. The summed E-state index contributed by atoms with van der Waals surface area (Å²) in [6.07, 6.45) is 0. The smallest absolute Gasteiger partial charge is 0.164 e. The summed E-state index contributed by atoms with van der Waals surface area (Å²) in [6.45, 7) is 4.90. The van der Waals surface area contributed by atoms with Crippen molar-refractivity contribution < 1.29 is 0 Å². The van der Waals surface area contributed by atoms with Gasteiger partial charge < -0.3 is 9.13 Å². The fourth-order valence-electron chi connectivity index (χ4n) is 10.5. The number of benzene rings is 9. The Labute approximate surface area is 377 Å². The number of nitrogens with zero attached hydrogens (tertiary/aromatic N) is 5. The lowest BCUT2D eigenvalue weighted by molar-refractivity contribution is 1.07. The van der Waals surface area contributed by atoms with Crippen LogP contribution in [-0.4, -0.2) is 32.2 Å². The van der Waals surface area contributed by atoms with Gasteiger partial charge in [0.25, 0.3) is 0 Å². The summed E-state index contributed by atoms with van der Waals surface area (Å²) in [5.74, 6) is 1.93. The highest BCUT2D eigenvalue weighted by molar-refractivity contribution is 7.03. The first kappa shape index (κ1) is 37.4. The Kier molecular flexibility index (Phi) is 8.29. The zero-order valence-electron chi connectivity index (χ0n) is 35.9. The predicted molar refractivity (Wildman–Crippen MR) is 272 cm³/mol. The molecule has 1 aliphatic rings. The third kappa shape index (κ3) is 5.81. The van der Waals surface area contributed by atoms with Crippen molar-refractivity contribution >= 4 is 62.1 Å². The highest BCUT2D eigenvalue weighted by Gasteiger charge is 2.37. The zero-order chi connectivity index (χ0) is 43.2. The standard InChI is InChI=1S/C59H41N5Si/c1-65(2)54-31-16-12-24-46(54)47-33-32-40(37-55(47)65)58-60-57(39-20-7-4-8-21-39)61-59(62-58)42-34-41(38-18-5-3-6-19-38)35-43(36-42)63-51-28-15-11-25-48(51)56-52(63)29-17-30-53(56)64-49-26-13-9-22-44(49)45-23-10-14-27-50(45)64/h3-37H,1-2H3. The number of para-hydroxylation sites is 3. The van der Waals surface area contributed by atoms with Crippen LogP contribution < -0.4 is 10.4 Å². The van der Waals surface area contributed by atoms with Gasteiger partial charge in [0.05, 0.1) is 27.8 Å². The van der Waals surface area contributed by atoms with E-state index in [0.717, 1.165) is 50.2 Å². The molecular weight excluding hydrogens is 807 g/mol. The summed E-state index contributed by atoms with van der Waals surface area (Å²) in [6, 6.07) is 76.4. The van der Waals surface area contributed by atoms with E-state index in [1.807, 2.05) is 18.2 Å². The summed E-state index contributed by atoms with van der Waals surface area (Å²) in [5, 5.41) is 7.76. The minimum absolute atomic E-state index is 0.625. The van der Waals surface area contributed by atoms with Crippen LogP contribution in [0.2, 0.25) is 13.1 Å². The van der Waals surface area contributed by atoms with E-state index in [1.165, 1.54) is 54.1 Å². The second-order valence-electron chi connectivity index (χ2n) is 17.6. The Morgan fingerprint density at radius 1 is 0.338 bits per heavy atom. The quantitative estimate of drug-likeness (QED) is 0.157. The second kappa shape index (κ2) is 14.4. The number of rotatable bonds is 6. The molecule has 9 aromatic carbocycles. The molecule has 0 aliphatic carbocycles. The van der Waals surface area contributed by atoms with Crippen molar-refractivity contribution in [2.24, 2.45) is 0 Å². The van der Waals surface area contributed by atoms with E-state index in [-0.39, 0.29) is 0 Å². The molecule has 12 aromatic rings. The SMILES string of the molecule is C[Si]1(C)c2ccccc2-c2ccc(-c3nc(-c4ccccc4)nc(-c4cc(-c5ccccc5)cc(-n5c6ccccc6c6c(-n7c8ccccc8c8ccccc87)cccc65)c4)n3)cc21. The fraction of sp³-hybridized carbons (Fsp3) is 0.0339. The zero-order valence-corrected chi connectivity index (χ0v) is 36.9. The molecule has 0 bridgehead atoms. The first-order chi connectivity index (χ1) is 32.0. The molecule has 0 saturated heterocycles. The molecule has 0 atom stereocenters. The maximum Gasteiger partial charge on any atom is 0.164 e. The van der Waals surface area contributed by atoms with Gasteiger partial charge in [0.15, 0.2) is 17.5 Å². The number of fused-ring (bicyclic) bond motifs is 9. The van der Waals surface area contributed by atoms with Crippen LogP contribution in [0, 0.1) is 0 Å². The minimum Gasteiger partial charge on any atom is -0.309 e. The fourth-order valence-corrected chi connectivity index (χ4v) is 13.6. The van der Waals surface area contributed by atoms with E-state index < -0.39 is 8.07 Å². The number of aromatic nitrogens is 5. The van der Waals surface area contributed by atoms with E-state index in [1.54, 1.807) is 0 Å². The van der Waals surface area contributed by atoms with Gasteiger partial charge >= 0.3 is 0 Å². The molecule has 0 unspecified atom stereocenters. The molecule has 1 aliphatic heterocycles. The predicted octanol–water partition coefficient (Wildman–Crippen LogP) is 13.5. The van der Waals surface area contributed by atoms with Gasteiger partial charge in [-0.1, -0.05) is 177 Å². The summed E-state index contributed by atoms with van der Waals surface area (Å²) >= 11 is 0. The van der Waals surface area contributed by atoms with E-state index >= 15 is 0 Å².